The molecule has 11 aromatic rings. The number of para-hydroxylation sites is 4. The Labute approximate surface area is 305 Å². The van der Waals surface area contributed by atoms with E-state index in [2.05, 4.69) is 202 Å². The predicted octanol–water partition coefficient (Wildman–Crippen LogP) is 12.7. The van der Waals surface area contributed by atoms with Crippen molar-refractivity contribution >= 4 is 76.1 Å². The fourth-order valence-corrected chi connectivity index (χ4v) is 8.49. The van der Waals surface area contributed by atoms with Gasteiger partial charge in [-0.3, -0.25) is 4.98 Å². The first kappa shape index (κ1) is 29.5. The second-order valence-electron chi connectivity index (χ2n) is 13.6. The summed E-state index contributed by atoms with van der Waals surface area (Å²) < 4.78 is 7.04. The van der Waals surface area contributed by atoms with Gasteiger partial charge in [-0.05, 0) is 82.2 Å². The molecule has 4 nitrogen and oxygen atoms in total. The molecule has 0 N–H and O–H groups in total. The van der Waals surface area contributed by atoms with Crippen LogP contribution in [-0.4, -0.2) is 18.7 Å². The summed E-state index contributed by atoms with van der Waals surface area (Å²) in [5.74, 6) is 0. The van der Waals surface area contributed by atoms with Crippen LogP contribution >= 0.6 is 0 Å². The van der Waals surface area contributed by atoms with Crippen LogP contribution in [0.5, 0.6) is 0 Å². The van der Waals surface area contributed by atoms with Gasteiger partial charge in [-0.1, -0.05) is 115 Å². The van der Waals surface area contributed by atoms with Crippen LogP contribution in [-0.2, 0) is 0 Å². The number of hydrogen-bond donors (Lipinski definition) is 0. The number of fused-ring (bicyclic) bond motifs is 12. The van der Waals surface area contributed by atoms with Gasteiger partial charge in [0.2, 0.25) is 0 Å². The number of nitrogens with zero attached hydrogens (tertiary/aromatic N) is 4. The molecule has 3 aromatic heterocycles. The number of pyridine rings is 1. The molecular formula is C49H32N4. The van der Waals surface area contributed by atoms with E-state index in [0.29, 0.717) is 0 Å². The lowest BCUT2D eigenvalue weighted by Crippen LogP contribution is -2.05. The van der Waals surface area contributed by atoms with Gasteiger partial charge >= 0.3 is 0 Å². The SMILES string of the molecule is c1ccc(-n2ccn(-c3ccccc3)c3cc4c(cc32)c2ccccc2c2c(-n3c5ccccc5c5ccccc53)cccc2c2cccnc42)cc1. The smallest absolute Gasteiger partial charge is 0.0787 e. The van der Waals surface area contributed by atoms with Crippen molar-refractivity contribution in [1.29, 1.82) is 0 Å². The maximum atomic E-state index is 5.19. The molecule has 0 bridgehead atoms. The molecule has 3 heterocycles. The van der Waals surface area contributed by atoms with Crippen molar-refractivity contribution in [3.63, 3.8) is 0 Å². The quantitative estimate of drug-likeness (QED) is 0.183. The van der Waals surface area contributed by atoms with E-state index in [1.54, 1.807) is 0 Å². The molecule has 0 aliphatic carbocycles. The molecule has 4 heteroatoms. The van der Waals surface area contributed by atoms with Crippen LogP contribution in [0.15, 0.2) is 195 Å². The number of aromatic nitrogens is 4. The van der Waals surface area contributed by atoms with Gasteiger partial charge in [0.1, 0.15) is 0 Å². The van der Waals surface area contributed by atoms with E-state index in [9.17, 15) is 0 Å². The minimum absolute atomic E-state index is 0.967. The first-order valence-electron chi connectivity index (χ1n) is 18.1. The van der Waals surface area contributed by atoms with Crippen LogP contribution in [0.2, 0.25) is 0 Å². The Kier molecular flexibility index (Phi) is 6.52. The highest BCUT2D eigenvalue weighted by Crippen LogP contribution is 2.41. The molecule has 0 aliphatic rings. The average molecular weight is 677 g/mol. The predicted molar refractivity (Wildman–Crippen MR) is 222 cm³/mol. The van der Waals surface area contributed by atoms with Gasteiger partial charge in [0.15, 0.2) is 0 Å². The molecule has 0 atom stereocenters. The fraction of sp³-hybridized carbons (Fsp3) is 0. The number of benzene rings is 7. The zero-order valence-corrected chi connectivity index (χ0v) is 28.8. The summed E-state index contributed by atoms with van der Waals surface area (Å²) in [5.41, 5.74) is 8.89. The van der Waals surface area contributed by atoms with Gasteiger partial charge in [0.05, 0.1) is 33.3 Å². The lowest BCUT2D eigenvalue weighted by Gasteiger charge is -2.19. The van der Waals surface area contributed by atoms with Crippen LogP contribution in [0, 0.1) is 0 Å². The molecule has 0 unspecified atom stereocenters. The topological polar surface area (TPSA) is 27.7 Å². The van der Waals surface area contributed by atoms with Crippen LogP contribution in [0.3, 0.4) is 0 Å². The molecule has 0 fully saturated rings. The molecule has 0 amide bonds. The molecule has 0 radical (unpaired) electrons. The second kappa shape index (κ2) is 11.7. The molecule has 0 aliphatic heterocycles. The third kappa shape index (κ3) is 4.46. The van der Waals surface area contributed by atoms with Gasteiger partial charge in [-0.2, -0.15) is 0 Å². The zero-order chi connectivity index (χ0) is 34.9. The van der Waals surface area contributed by atoms with E-state index < -0.39 is 0 Å². The Balaban J connectivity index is 1.38. The lowest BCUT2D eigenvalue weighted by molar-refractivity contribution is 1.01. The van der Waals surface area contributed by atoms with E-state index in [-0.39, 0.29) is 0 Å². The van der Waals surface area contributed by atoms with Crippen LogP contribution in [0.1, 0.15) is 0 Å². The zero-order valence-electron chi connectivity index (χ0n) is 28.8. The fourth-order valence-electron chi connectivity index (χ4n) is 8.49. The van der Waals surface area contributed by atoms with E-state index >= 15 is 0 Å². The summed E-state index contributed by atoms with van der Waals surface area (Å²) in [6.45, 7) is 0. The maximum Gasteiger partial charge on any atom is 0.0787 e. The highest BCUT2D eigenvalue weighted by molar-refractivity contribution is 6.28. The Hall–Kier alpha value is -7.17. The normalized spacial score (nSPS) is 11.8. The molecule has 0 saturated heterocycles. The van der Waals surface area contributed by atoms with Crippen molar-refractivity contribution in [3.05, 3.63) is 195 Å². The largest absolute Gasteiger partial charge is 0.314 e. The third-order valence-electron chi connectivity index (χ3n) is 10.8. The molecule has 0 saturated carbocycles. The summed E-state index contributed by atoms with van der Waals surface area (Å²) in [4.78, 5) is 5.19. The van der Waals surface area contributed by atoms with E-state index in [0.717, 1.165) is 55.2 Å². The highest BCUT2D eigenvalue weighted by atomic mass is 15.0. The summed E-state index contributed by atoms with van der Waals surface area (Å²) in [6, 6.07) is 63.4. The van der Waals surface area contributed by atoms with Gasteiger partial charge < -0.3 is 13.7 Å². The summed E-state index contributed by atoms with van der Waals surface area (Å²) >= 11 is 0. The molecule has 0 spiro atoms. The third-order valence-corrected chi connectivity index (χ3v) is 10.8. The van der Waals surface area contributed by atoms with Crippen molar-refractivity contribution in [1.82, 2.24) is 18.7 Å². The van der Waals surface area contributed by atoms with E-state index in [1.165, 1.54) is 38.0 Å². The van der Waals surface area contributed by atoms with Gasteiger partial charge in [-0.15, -0.1) is 0 Å². The maximum absolute atomic E-state index is 5.19. The number of rotatable bonds is 3. The standard InChI is InChI=1S/C49H32N4/c1-3-15-33(16-4-1)51-29-30-52(34-17-5-2-6-18-34)47-32-42-41(31-46(47)51)35-19-7-8-22-38(35)48-39(40-24-14-28-50-49(40)42)23-13-27-45(48)53-43-25-11-9-20-36(43)37-21-10-12-26-44(37)53/h1-32H. The minimum atomic E-state index is 0.967. The first-order valence-corrected chi connectivity index (χ1v) is 18.1. The molecule has 8 aromatic carbocycles. The molecule has 248 valence electrons. The minimum Gasteiger partial charge on any atom is -0.314 e. The van der Waals surface area contributed by atoms with Gasteiger partial charge in [0, 0.05) is 56.9 Å². The van der Waals surface area contributed by atoms with Gasteiger partial charge in [-0.25, -0.2) is 0 Å². The number of hydrogen-bond acceptors (Lipinski definition) is 1. The van der Waals surface area contributed by atoms with E-state index in [1.807, 2.05) is 6.20 Å². The van der Waals surface area contributed by atoms with E-state index in [4.69, 9.17) is 4.98 Å². The summed E-state index contributed by atoms with van der Waals surface area (Å²) in [6.07, 6.45) is 6.27. The Morgan fingerprint density at radius 1 is 0.340 bits per heavy atom. The Morgan fingerprint density at radius 3 is 1.47 bits per heavy atom. The van der Waals surface area contributed by atoms with Crippen molar-refractivity contribution in [2.45, 2.75) is 0 Å². The molecular weight excluding hydrogens is 645 g/mol. The summed E-state index contributed by atoms with van der Waals surface area (Å²) in [7, 11) is 0. The lowest BCUT2D eigenvalue weighted by atomic mass is 9.95. The molecule has 53 heavy (non-hydrogen) atoms. The van der Waals surface area contributed by atoms with Crippen LogP contribution < -0.4 is 0 Å². The molecule has 11 rings (SSSR count). The summed E-state index contributed by atoms with van der Waals surface area (Å²) in [5, 5.41) is 10.6. The highest BCUT2D eigenvalue weighted by Gasteiger charge is 2.18. The van der Waals surface area contributed by atoms with Gasteiger partial charge in [0.25, 0.3) is 0 Å². The van der Waals surface area contributed by atoms with Crippen molar-refractivity contribution in [3.8, 4) is 17.1 Å². The first-order chi connectivity index (χ1) is 26.3. The van der Waals surface area contributed by atoms with Crippen LogP contribution in [0.4, 0.5) is 0 Å². The monoisotopic (exact) mass is 676 g/mol. The Morgan fingerprint density at radius 2 is 0.830 bits per heavy atom. The van der Waals surface area contributed by atoms with Crippen molar-refractivity contribution in [2.75, 3.05) is 0 Å². The van der Waals surface area contributed by atoms with Crippen molar-refractivity contribution in [2.24, 2.45) is 0 Å². The second-order valence-corrected chi connectivity index (χ2v) is 13.6. The Bertz CT molecular complexity index is 3220. The van der Waals surface area contributed by atoms with Crippen molar-refractivity contribution < 1.29 is 0 Å². The average Bonchev–Trinajstić information content (AvgIpc) is 3.57. The van der Waals surface area contributed by atoms with Crippen LogP contribution in [0.25, 0.3) is 93.1 Å².